The fourth-order valence-corrected chi connectivity index (χ4v) is 1.26. The van der Waals surface area contributed by atoms with Crippen molar-refractivity contribution in [1.82, 2.24) is 4.98 Å². The van der Waals surface area contributed by atoms with Gasteiger partial charge in [-0.05, 0) is 0 Å². The first kappa shape index (κ1) is 6.41. The number of H-pyrrole nitrogens is 1. The standard InChI is InChI=1S/C9H8BN/c1-10-8-6-11-9-5-3-2-4-7(8)9/h2-6,11H,1H2. The Bertz CT molecular complexity index is 389. The number of hydrogen-bond acceptors (Lipinski definition) is 0. The molecule has 0 atom stereocenters. The van der Waals surface area contributed by atoms with Gasteiger partial charge in [0.05, 0.1) is 0 Å². The molecule has 0 fully saturated rings. The summed E-state index contributed by atoms with van der Waals surface area (Å²) in [5, 5.41) is 1.24. The Morgan fingerprint density at radius 2 is 2.09 bits per heavy atom. The van der Waals surface area contributed by atoms with Crippen LogP contribution in [0.4, 0.5) is 0 Å². The Labute approximate surface area is 66.0 Å². The number of rotatable bonds is 1. The van der Waals surface area contributed by atoms with Crippen LogP contribution >= 0.6 is 0 Å². The summed E-state index contributed by atoms with van der Waals surface area (Å²) in [4.78, 5) is 3.17. The van der Waals surface area contributed by atoms with E-state index in [0.29, 0.717) is 0 Å². The fourth-order valence-electron chi connectivity index (χ4n) is 1.26. The van der Waals surface area contributed by atoms with Crippen LogP contribution in [0.2, 0.25) is 0 Å². The van der Waals surface area contributed by atoms with Gasteiger partial charge in [-0.2, -0.15) is 0 Å². The number of aromatic amines is 1. The maximum absolute atomic E-state index is 3.73. The van der Waals surface area contributed by atoms with Crippen molar-refractivity contribution in [2.45, 2.75) is 0 Å². The first-order valence-corrected chi connectivity index (χ1v) is 3.60. The van der Waals surface area contributed by atoms with Gasteiger partial charge in [0, 0.05) is 0 Å². The third-order valence-corrected chi connectivity index (χ3v) is 1.84. The van der Waals surface area contributed by atoms with Crippen molar-refractivity contribution in [1.29, 1.82) is 0 Å². The van der Waals surface area contributed by atoms with E-state index in [1.54, 1.807) is 0 Å². The number of nitrogens with one attached hydrogen (secondary N) is 1. The van der Waals surface area contributed by atoms with Crippen molar-refractivity contribution in [2.24, 2.45) is 0 Å². The van der Waals surface area contributed by atoms with Gasteiger partial charge < -0.3 is 0 Å². The number of fused-ring (bicyclic) bond motifs is 1. The van der Waals surface area contributed by atoms with Gasteiger partial charge in [0.1, 0.15) is 0 Å². The van der Waals surface area contributed by atoms with Crippen molar-refractivity contribution in [3.05, 3.63) is 30.5 Å². The quantitative estimate of drug-likeness (QED) is 0.568. The molecule has 0 unspecified atom stereocenters. The second kappa shape index (κ2) is 2.38. The van der Waals surface area contributed by atoms with Crippen LogP contribution in [0.1, 0.15) is 0 Å². The second-order valence-corrected chi connectivity index (χ2v) is 2.49. The molecule has 0 amide bonds. The van der Waals surface area contributed by atoms with Crippen LogP contribution in [-0.4, -0.2) is 18.4 Å². The molecule has 2 heteroatoms. The molecule has 0 aliphatic heterocycles. The van der Waals surface area contributed by atoms with Gasteiger partial charge in [0.2, 0.25) is 0 Å². The van der Waals surface area contributed by atoms with Crippen LogP contribution in [0.5, 0.6) is 0 Å². The summed E-state index contributed by atoms with van der Waals surface area (Å²) in [7, 11) is 0. The zero-order valence-electron chi connectivity index (χ0n) is 6.17. The molecule has 52 valence electrons. The van der Waals surface area contributed by atoms with E-state index < -0.39 is 0 Å². The van der Waals surface area contributed by atoms with Crippen LogP contribution in [0.25, 0.3) is 10.9 Å². The average molecular weight is 141 g/mol. The van der Waals surface area contributed by atoms with Gasteiger partial charge in [0.25, 0.3) is 0 Å². The number of para-hydroxylation sites is 1. The predicted octanol–water partition coefficient (Wildman–Crippen LogP) is 0.929. The summed E-state index contributed by atoms with van der Waals surface area (Å²) in [5.41, 5.74) is 2.34. The van der Waals surface area contributed by atoms with E-state index in [9.17, 15) is 0 Å². The second-order valence-electron chi connectivity index (χ2n) is 2.49. The zero-order chi connectivity index (χ0) is 7.68. The van der Waals surface area contributed by atoms with Gasteiger partial charge in [-0.3, -0.25) is 0 Å². The maximum atomic E-state index is 3.73. The first-order chi connectivity index (χ1) is 5.42. The van der Waals surface area contributed by atoms with Gasteiger partial charge >= 0.3 is 65.2 Å². The minimum atomic E-state index is 1.17. The molecule has 0 aliphatic rings. The van der Waals surface area contributed by atoms with Crippen molar-refractivity contribution in [3.63, 3.8) is 0 Å². The summed E-state index contributed by atoms with van der Waals surface area (Å²) < 4.78 is 0. The summed E-state index contributed by atoms with van der Waals surface area (Å²) in [6.45, 7) is 5.59. The molecule has 0 radical (unpaired) electrons. The Kier molecular flexibility index (Phi) is 1.39. The minimum absolute atomic E-state index is 1.17. The Hall–Kier alpha value is -1.31. The molecule has 1 heterocycles. The SMILES string of the molecule is C=Bc1c[nH]c2ccccc12. The van der Waals surface area contributed by atoms with E-state index in [4.69, 9.17) is 0 Å². The van der Waals surface area contributed by atoms with Crippen molar-refractivity contribution < 1.29 is 0 Å². The third kappa shape index (κ3) is 0.910. The zero-order valence-corrected chi connectivity index (χ0v) is 6.17. The van der Waals surface area contributed by atoms with E-state index in [2.05, 4.69) is 23.6 Å². The van der Waals surface area contributed by atoms with E-state index in [0.717, 1.165) is 0 Å². The van der Waals surface area contributed by atoms with Crippen LogP contribution in [0, 0.1) is 0 Å². The van der Waals surface area contributed by atoms with Gasteiger partial charge in [-0.15, -0.1) is 0 Å². The monoisotopic (exact) mass is 141 g/mol. The Morgan fingerprint density at radius 1 is 1.27 bits per heavy atom. The average Bonchev–Trinajstić information content (AvgIpc) is 2.47. The predicted molar refractivity (Wildman–Crippen MR) is 50.8 cm³/mol. The van der Waals surface area contributed by atoms with Crippen LogP contribution in [0.15, 0.2) is 30.5 Å². The van der Waals surface area contributed by atoms with E-state index in [1.165, 1.54) is 16.4 Å². The molecule has 1 aromatic heterocycles. The topological polar surface area (TPSA) is 15.8 Å². The van der Waals surface area contributed by atoms with E-state index in [-0.39, 0.29) is 0 Å². The van der Waals surface area contributed by atoms with Crippen LogP contribution < -0.4 is 5.46 Å². The molecule has 2 aromatic rings. The molecule has 0 bridgehead atoms. The molecule has 0 spiro atoms. The molecular formula is C9H8BN. The molecule has 1 N–H and O–H groups in total. The van der Waals surface area contributed by atoms with Crippen molar-refractivity contribution >= 4 is 29.8 Å². The van der Waals surface area contributed by atoms with E-state index >= 15 is 0 Å². The van der Waals surface area contributed by atoms with Gasteiger partial charge in [0.15, 0.2) is 0 Å². The molecule has 0 aliphatic carbocycles. The number of benzene rings is 1. The number of aromatic nitrogens is 1. The van der Waals surface area contributed by atoms with Gasteiger partial charge in [-0.1, -0.05) is 0 Å². The summed E-state index contributed by atoms with van der Waals surface area (Å²) in [5.74, 6) is 0. The Morgan fingerprint density at radius 3 is 2.91 bits per heavy atom. The molecule has 11 heavy (non-hydrogen) atoms. The molecular weight excluding hydrogens is 133 g/mol. The molecule has 1 nitrogen and oxygen atoms in total. The van der Waals surface area contributed by atoms with Crippen molar-refractivity contribution in [3.8, 4) is 0 Å². The molecule has 1 aromatic carbocycles. The van der Waals surface area contributed by atoms with Crippen LogP contribution in [0.3, 0.4) is 0 Å². The van der Waals surface area contributed by atoms with E-state index in [1.807, 2.05) is 25.3 Å². The van der Waals surface area contributed by atoms with Crippen molar-refractivity contribution in [2.75, 3.05) is 0 Å². The first-order valence-electron chi connectivity index (χ1n) is 3.60. The molecule has 2 rings (SSSR count). The van der Waals surface area contributed by atoms with Gasteiger partial charge in [-0.25, -0.2) is 0 Å². The molecule has 0 saturated carbocycles. The summed E-state index contributed by atoms with van der Waals surface area (Å²) >= 11 is 0. The Balaban J connectivity index is 2.86. The summed E-state index contributed by atoms with van der Waals surface area (Å²) in [6.07, 6.45) is 1.97. The summed E-state index contributed by atoms with van der Waals surface area (Å²) in [6, 6.07) is 8.19. The third-order valence-electron chi connectivity index (χ3n) is 1.84. The molecule has 0 saturated heterocycles. The normalized spacial score (nSPS) is 9.82. The van der Waals surface area contributed by atoms with Crippen LogP contribution in [-0.2, 0) is 0 Å². The number of hydrogen-bond donors (Lipinski definition) is 1. The fraction of sp³-hybridized carbons (Fsp3) is 0.